The summed E-state index contributed by atoms with van der Waals surface area (Å²) in [5, 5.41) is 2.71. The standard InChI is InChI=1S/C27H22N2O5S/c30-26(25-15-14-22(34-25)18-35(32,33)23-7-2-1-3-8-23)28-21-12-10-20(11-13-21)27(31)29-17-16-19-6-4-5-9-24(19)29/h1-15H,16-18H2,(H,28,30). The monoisotopic (exact) mass is 486 g/mol. The van der Waals surface area contributed by atoms with Gasteiger partial charge in [0.05, 0.1) is 4.90 Å². The minimum atomic E-state index is -3.58. The molecule has 0 aliphatic carbocycles. The average molecular weight is 487 g/mol. The van der Waals surface area contributed by atoms with Crippen molar-refractivity contribution >= 4 is 33.0 Å². The van der Waals surface area contributed by atoms with Gasteiger partial charge in [-0.1, -0.05) is 36.4 Å². The van der Waals surface area contributed by atoms with Crippen molar-refractivity contribution in [1.82, 2.24) is 0 Å². The lowest BCUT2D eigenvalue weighted by Gasteiger charge is -2.17. The third-order valence-corrected chi connectivity index (χ3v) is 7.50. The molecule has 0 radical (unpaired) electrons. The second-order valence-electron chi connectivity index (χ2n) is 8.21. The summed E-state index contributed by atoms with van der Waals surface area (Å²) in [5.41, 5.74) is 3.09. The number of carbonyl (C=O) groups excluding carboxylic acids is 2. The topological polar surface area (TPSA) is 96.7 Å². The van der Waals surface area contributed by atoms with Gasteiger partial charge in [-0.15, -0.1) is 0 Å². The Kier molecular flexibility index (Phi) is 5.96. The van der Waals surface area contributed by atoms with Crippen LogP contribution in [-0.2, 0) is 22.0 Å². The number of anilines is 2. The van der Waals surface area contributed by atoms with E-state index in [0.717, 1.165) is 17.7 Å². The van der Waals surface area contributed by atoms with Gasteiger partial charge < -0.3 is 14.6 Å². The molecule has 1 N–H and O–H groups in total. The molecule has 0 bridgehead atoms. The Morgan fingerprint density at radius 2 is 1.57 bits per heavy atom. The third-order valence-electron chi connectivity index (χ3n) is 5.84. The second kappa shape index (κ2) is 9.23. The number of nitrogens with zero attached hydrogens (tertiary/aromatic N) is 1. The lowest BCUT2D eigenvalue weighted by Crippen LogP contribution is -2.28. The number of amides is 2. The number of carbonyl (C=O) groups is 2. The number of nitrogens with one attached hydrogen (secondary N) is 1. The van der Waals surface area contributed by atoms with Crippen molar-refractivity contribution in [3.63, 3.8) is 0 Å². The van der Waals surface area contributed by atoms with Crippen molar-refractivity contribution < 1.29 is 22.4 Å². The van der Waals surface area contributed by atoms with Crippen LogP contribution in [-0.4, -0.2) is 26.8 Å². The molecule has 7 nitrogen and oxygen atoms in total. The van der Waals surface area contributed by atoms with Gasteiger partial charge in [-0.3, -0.25) is 9.59 Å². The molecule has 2 heterocycles. The first kappa shape index (κ1) is 22.6. The Hall–Kier alpha value is -4.17. The number of fused-ring (bicyclic) bond motifs is 1. The van der Waals surface area contributed by atoms with Crippen LogP contribution in [0.25, 0.3) is 0 Å². The molecule has 0 spiro atoms. The fourth-order valence-electron chi connectivity index (χ4n) is 4.07. The van der Waals surface area contributed by atoms with Crippen molar-refractivity contribution in [2.45, 2.75) is 17.1 Å². The summed E-state index contributed by atoms with van der Waals surface area (Å²) in [4.78, 5) is 27.5. The molecule has 1 aliphatic rings. The van der Waals surface area contributed by atoms with Crippen LogP contribution in [0, 0.1) is 0 Å². The predicted octanol–water partition coefficient (Wildman–Crippen LogP) is 4.71. The largest absolute Gasteiger partial charge is 0.455 e. The zero-order valence-corrected chi connectivity index (χ0v) is 19.5. The van der Waals surface area contributed by atoms with Crippen LogP contribution in [0.3, 0.4) is 0 Å². The van der Waals surface area contributed by atoms with E-state index in [1.807, 2.05) is 24.3 Å². The van der Waals surface area contributed by atoms with E-state index in [0.29, 0.717) is 17.8 Å². The molecule has 3 aromatic carbocycles. The molecule has 35 heavy (non-hydrogen) atoms. The zero-order valence-electron chi connectivity index (χ0n) is 18.7. The molecule has 4 aromatic rings. The first-order valence-electron chi connectivity index (χ1n) is 11.1. The summed E-state index contributed by atoms with van der Waals surface area (Å²) < 4.78 is 30.5. The van der Waals surface area contributed by atoms with Gasteiger partial charge in [0.2, 0.25) is 0 Å². The van der Waals surface area contributed by atoms with Crippen LogP contribution in [0.2, 0.25) is 0 Å². The van der Waals surface area contributed by atoms with Gasteiger partial charge in [-0.25, -0.2) is 8.42 Å². The number of benzene rings is 3. The van der Waals surface area contributed by atoms with Crippen molar-refractivity contribution in [3.05, 3.63) is 114 Å². The third kappa shape index (κ3) is 4.74. The lowest BCUT2D eigenvalue weighted by atomic mass is 10.1. The van der Waals surface area contributed by atoms with E-state index >= 15 is 0 Å². The predicted molar refractivity (Wildman–Crippen MR) is 132 cm³/mol. The van der Waals surface area contributed by atoms with Crippen LogP contribution in [0.1, 0.15) is 32.2 Å². The number of para-hydroxylation sites is 1. The highest BCUT2D eigenvalue weighted by Crippen LogP contribution is 2.29. The van der Waals surface area contributed by atoms with Gasteiger partial charge in [0.15, 0.2) is 15.6 Å². The summed E-state index contributed by atoms with van der Waals surface area (Å²) in [6.07, 6.45) is 0.827. The highest BCUT2D eigenvalue weighted by atomic mass is 32.2. The molecule has 1 aromatic heterocycles. The molecule has 0 saturated carbocycles. The Morgan fingerprint density at radius 1 is 0.857 bits per heavy atom. The Bertz CT molecular complexity index is 1490. The molecule has 1 aliphatic heterocycles. The van der Waals surface area contributed by atoms with Crippen LogP contribution in [0.5, 0.6) is 0 Å². The molecule has 2 amide bonds. The number of furan rings is 1. The van der Waals surface area contributed by atoms with Crippen LogP contribution in [0.15, 0.2) is 100 Å². The minimum Gasteiger partial charge on any atom is -0.455 e. The first-order chi connectivity index (χ1) is 16.9. The van der Waals surface area contributed by atoms with Crippen molar-refractivity contribution in [2.75, 3.05) is 16.8 Å². The Balaban J connectivity index is 1.23. The smallest absolute Gasteiger partial charge is 0.291 e. The van der Waals surface area contributed by atoms with E-state index < -0.39 is 15.7 Å². The maximum Gasteiger partial charge on any atom is 0.291 e. The van der Waals surface area contributed by atoms with E-state index in [-0.39, 0.29) is 28.1 Å². The lowest BCUT2D eigenvalue weighted by molar-refractivity contribution is 0.0985. The van der Waals surface area contributed by atoms with Crippen LogP contribution in [0.4, 0.5) is 11.4 Å². The number of hydrogen-bond acceptors (Lipinski definition) is 5. The molecule has 0 unspecified atom stereocenters. The highest BCUT2D eigenvalue weighted by Gasteiger charge is 2.25. The van der Waals surface area contributed by atoms with Crippen molar-refractivity contribution in [3.8, 4) is 0 Å². The highest BCUT2D eigenvalue weighted by molar-refractivity contribution is 7.90. The molecular formula is C27H22N2O5S. The summed E-state index contributed by atoms with van der Waals surface area (Å²) in [5.74, 6) is -0.784. The second-order valence-corrected chi connectivity index (χ2v) is 10.2. The molecular weight excluding hydrogens is 464 g/mol. The zero-order chi connectivity index (χ0) is 24.4. The van der Waals surface area contributed by atoms with Gasteiger partial charge in [0.1, 0.15) is 11.5 Å². The number of rotatable bonds is 6. The molecule has 8 heteroatoms. The van der Waals surface area contributed by atoms with Gasteiger partial charge >= 0.3 is 0 Å². The maximum absolute atomic E-state index is 13.0. The molecule has 176 valence electrons. The summed E-state index contributed by atoms with van der Waals surface area (Å²) in [6.45, 7) is 0.636. The Morgan fingerprint density at radius 3 is 2.34 bits per heavy atom. The maximum atomic E-state index is 13.0. The van der Waals surface area contributed by atoms with Gasteiger partial charge in [0, 0.05) is 23.5 Å². The van der Waals surface area contributed by atoms with Crippen molar-refractivity contribution in [1.29, 1.82) is 0 Å². The average Bonchev–Trinajstić information content (AvgIpc) is 3.52. The van der Waals surface area contributed by atoms with E-state index in [2.05, 4.69) is 5.32 Å². The fraction of sp³-hybridized carbons (Fsp3) is 0.111. The van der Waals surface area contributed by atoms with Gasteiger partial charge in [-0.05, 0) is 66.6 Å². The van der Waals surface area contributed by atoms with Crippen LogP contribution < -0.4 is 10.2 Å². The number of sulfone groups is 1. The van der Waals surface area contributed by atoms with Crippen molar-refractivity contribution in [2.24, 2.45) is 0 Å². The molecule has 0 fully saturated rings. The van der Waals surface area contributed by atoms with Gasteiger partial charge in [0.25, 0.3) is 11.8 Å². The minimum absolute atomic E-state index is 0.00270. The summed E-state index contributed by atoms with van der Waals surface area (Å²) in [7, 11) is -3.58. The number of hydrogen-bond donors (Lipinski definition) is 1. The quantitative estimate of drug-likeness (QED) is 0.426. The first-order valence-corrected chi connectivity index (χ1v) is 12.7. The molecule has 0 atom stereocenters. The summed E-state index contributed by atoms with van der Waals surface area (Å²) in [6, 6.07) is 25.5. The van der Waals surface area contributed by atoms with E-state index in [9.17, 15) is 18.0 Å². The van der Waals surface area contributed by atoms with E-state index in [4.69, 9.17) is 4.42 Å². The van der Waals surface area contributed by atoms with E-state index in [1.54, 1.807) is 47.4 Å². The SMILES string of the molecule is O=C(Nc1ccc(C(=O)N2CCc3ccccc32)cc1)c1ccc(CS(=O)(=O)c2ccccc2)o1. The van der Waals surface area contributed by atoms with E-state index in [1.165, 1.54) is 24.3 Å². The summed E-state index contributed by atoms with van der Waals surface area (Å²) >= 11 is 0. The van der Waals surface area contributed by atoms with Gasteiger partial charge in [-0.2, -0.15) is 0 Å². The fourth-order valence-corrected chi connectivity index (χ4v) is 5.34. The van der Waals surface area contributed by atoms with Crippen LogP contribution >= 0.6 is 0 Å². The Labute approximate surface area is 202 Å². The normalized spacial score (nSPS) is 12.9. The molecule has 0 saturated heterocycles. The molecule has 5 rings (SSSR count).